The topological polar surface area (TPSA) is 38.3 Å². The molecule has 4 rings (SSSR count). The normalized spacial score (nSPS) is 16.1. The monoisotopic (exact) mass is 431 g/mol. The standard InChI is InChI=1S/C20H15BrFNO2S/c1-25-17-7-6-11(21)8-13(17)14-9-18(24)23-19-15(10-26-20(14)19)12-4-2-3-5-16(12)22/h2-8,10,14H,9H2,1H3,(H,23,24). The molecular weight excluding hydrogens is 417 g/mol. The van der Waals surface area contributed by atoms with Crippen LogP contribution in [0.3, 0.4) is 0 Å². The summed E-state index contributed by atoms with van der Waals surface area (Å²) in [7, 11) is 1.62. The van der Waals surface area contributed by atoms with Crippen molar-refractivity contribution in [2.24, 2.45) is 0 Å². The summed E-state index contributed by atoms with van der Waals surface area (Å²) in [5.74, 6) is 0.224. The van der Waals surface area contributed by atoms with Crippen molar-refractivity contribution in [3.05, 3.63) is 68.6 Å². The van der Waals surface area contributed by atoms with Crippen molar-refractivity contribution in [1.29, 1.82) is 0 Å². The lowest BCUT2D eigenvalue weighted by atomic mass is 9.88. The zero-order valence-electron chi connectivity index (χ0n) is 13.9. The van der Waals surface area contributed by atoms with Crippen LogP contribution in [-0.4, -0.2) is 13.0 Å². The van der Waals surface area contributed by atoms with E-state index in [0.717, 1.165) is 26.2 Å². The Balaban J connectivity index is 1.87. The van der Waals surface area contributed by atoms with Gasteiger partial charge in [0.05, 0.1) is 12.8 Å². The Morgan fingerprint density at radius 1 is 1.23 bits per heavy atom. The van der Waals surface area contributed by atoms with E-state index in [1.54, 1.807) is 25.3 Å². The summed E-state index contributed by atoms with van der Waals surface area (Å²) < 4.78 is 20.7. The molecule has 1 aliphatic heterocycles. The van der Waals surface area contributed by atoms with E-state index < -0.39 is 0 Å². The molecule has 0 spiro atoms. The number of halogens is 2. The van der Waals surface area contributed by atoms with Crippen molar-refractivity contribution in [3.8, 4) is 16.9 Å². The first-order valence-corrected chi connectivity index (χ1v) is 9.75. The van der Waals surface area contributed by atoms with Crippen molar-refractivity contribution in [2.45, 2.75) is 12.3 Å². The molecule has 3 aromatic rings. The molecule has 1 amide bonds. The zero-order chi connectivity index (χ0) is 18.3. The van der Waals surface area contributed by atoms with Crippen molar-refractivity contribution >= 4 is 38.9 Å². The Labute approximate surface area is 162 Å². The average molecular weight is 432 g/mol. The lowest BCUT2D eigenvalue weighted by Crippen LogP contribution is -2.22. The van der Waals surface area contributed by atoms with Crippen LogP contribution >= 0.6 is 27.3 Å². The second kappa shape index (κ2) is 6.85. The summed E-state index contributed by atoms with van der Waals surface area (Å²) in [6.07, 6.45) is 0.330. The fraction of sp³-hybridized carbons (Fsp3) is 0.150. The van der Waals surface area contributed by atoms with Gasteiger partial charge in [-0.1, -0.05) is 34.1 Å². The van der Waals surface area contributed by atoms with Crippen LogP contribution < -0.4 is 10.1 Å². The minimum atomic E-state index is -0.301. The zero-order valence-corrected chi connectivity index (χ0v) is 16.3. The van der Waals surface area contributed by atoms with Crippen LogP contribution in [-0.2, 0) is 4.79 Å². The van der Waals surface area contributed by atoms with Crippen LogP contribution in [0.15, 0.2) is 52.3 Å². The molecule has 0 aliphatic carbocycles. The van der Waals surface area contributed by atoms with E-state index in [1.165, 1.54) is 17.4 Å². The average Bonchev–Trinajstić information content (AvgIpc) is 3.05. The molecular formula is C20H15BrFNO2S. The van der Waals surface area contributed by atoms with Gasteiger partial charge in [-0.15, -0.1) is 11.3 Å². The van der Waals surface area contributed by atoms with Gasteiger partial charge in [-0.05, 0) is 24.3 Å². The molecule has 2 heterocycles. The van der Waals surface area contributed by atoms with Crippen LogP contribution in [0.1, 0.15) is 22.8 Å². The lowest BCUT2D eigenvalue weighted by molar-refractivity contribution is -0.116. The van der Waals surface area contributed by atoms with E-state index in [1.807, 2.05) is 23.6 Å². The summed E-state index contributed by atoms with van der Waals surface area (Å²) in [5, 5.41) is 4.85. The van der Waals surface area contributed by atoms with Gasteiger partial charge >= 0.3 is 0 Å². The predicted molar refractivity (Wildman–Crippen MR) is 105 cm³/mol. The van der Waals surface area contributed by atoms with Gasteiger partial charge in [0.1, 0.15) is 11.6 Å². The molecule has 1 N–H and O–H groups in total. The Morgan fingerprint density at radius 2 is 2.04 bits per heavy atom. The maximum Gasteiger partial charge on any atom is 0.225 e. The third-order valence-corrected chi connectivity index (χ3v) is 6.11. The smallest absolute Gasteiger partial charge is 0.225 e. The van der Waals surface area contributed by atoms with E-state index in [-0.39, 0.29) is 17.6 Å². The molecule has 1 aliphatic rings. The summed E-state index contributed by atoms with van der Waals surface area (Å²) in [4.78, 5) is 13.4. The van der Waals surface area contributed by atoms with Crippen molar-refractivity contribution in [2.75, 3.05) is 12.4 Å². The number of nitrogens with one attached hydrogen (secondary N) is 1. The van der Waals surface area contributed by atoms with E-state index in [0.29, 0.717) is 17.7 Å². The van der Waals surface area contributed by atoms with Crippen molar-refractivity contribution in [1.82, 2.24) is 0 Å². The van der Waals surface area contributed by atoms with Gasteiger partial charge < -0.3 is 10.1 Å². The second-order valence-corrected chi connectivity index (χ2v) is 7.89. The minimum absolute atomic E-state index is 0.0829. The van der Waals surface area contributed by atoms with E-state index in [9.17, 15) is 9.18 Å². The molecule has 2 aromatic carbocycles. The number of fused-ring (bicyclic) bond motifs is 1. The van der Waals surface area contributed by atoms with Crippen LogP contribution in [0.5, 0.6) is 5.75 Å². The molecule has 0 bridgehead atoms. The highest BCUT2D eigenvalue weighted by atomic mass is 79.9. The molecule has 1 atom stereocenters. The van der Waals surface area contributed by atoms with Crippen molar-refractivity contribution < 1.29 is 13.9 Å². The minimum Gasteiger partial charge on any atom is -0.496 e. The van der Waals surface area contributed by atoms with E-state index >= 15 is 0 Å². The van der Waals surface area contributed by atoms with E-state index in [4.69, 9.17) is 4.74 Å². The number of anilines is 1. The number of ether oxygens (including phenoxy) is 1. The van der Waals surface area contributed by atoms with Gasteiger partial charge in [0.15, 0.2) is 0 Å². The quantitative estimate of drug-likeness (QED) is 0.568. The molecule has 0 saturated carbocycles. The number of benzene rings is 2. The number of rotatable bonds is 3. The Morgan fingerprint density at radius 3 is 2.81 bits per heavy atom. The largest absolute Gasteiger partial charge is 0.496 e. The van der Waals surface area contributed by atoms with Crippen LogP contribution in [0, 0.1) is 5.82 Å². The summed E-state index contributed by atoms with van der Waals surface area (Å²) in [6.45, 7) is 0. The molecule has 132 valence electrons. The van der Waals surface area contributed by atoms with Crippen LogP contribution in [0.4, 0.5) is 10.1 Å². The second-order valence-electron chi connectivity index (χ2n) is 6.06. The third kappa shape index (κ3) is 2.93. The first kappa shape index (κ1) is 17.2. The number of amides is 1. The number of carbonyl (C=O) groups is 1. The van der Waals surface area contributed by atoms with Crippen LogP contribution in [0.25, 0.3) is 11.1 Å². The first-order valence-electron chi connectivity index (χ1n) is 8.08. The molecule has 26 heavy (non-hydrogen) atoms. The molecule has 1 aromatic heterocycles. The van der Waals surface area contributed by atoms with Gasteiger partial charge in [-0.2, -0.15) is 0 Å². The molecule has 6 heteroatoms. The lowest BCUT2D eigenvalue weighted by Gasteiger charge is -2.25. The van der Waals surface area contributed by atoms with Gasteiger partial charge in [0.25, 0.3) is 0 Å². The first-order chi connectivity index (χ1) is 12.6. The third-order valence-electron chi connectivity index (χ3n) is 4.52. The predicted octanol–water partition coefficient (Wildman–Crippen LogP) is 5.80. The molecule has 1 unspecified atom stereocenters. The Bertz CT molecular complexity index is 1000. The SMILES string of the molecule is COc1ccc(Br)cc1C1CC(=O)Nc2c(-c3ccccc3F)csc21. The summed E-state index contributed by atoms with van der Waals surface area (Å²) >= 11 is 5.03. The number of hydrogen-bond donors (Lipinski definition) is 1. The number of thiophene rings is 1. The van der Waals surface area contributed by atoms with Gasteiger partial charge in [0, 0.05) is 43.8 Å². The highest BCUT2D eigenvalue weighted by molar-refractivity contribution is 9.10. The van der Waals surface area contributed by atoms with Gasteiger partial charge in [-0.3, -0.25) is 4.79 Å². The highest BCUT2D eigenvalue weighted by Gasteiger charge is 2.32. The fourth-order valence-electron chi connectivity index (χ4n) is 3.33. The number of carbonyl (C=O) groups excluding carboxylic acids is 1. The molecule has 0 saturated heterocycles. The van der Waals surface area contributed by atoms with E-state index in [2.05, 4.69) is 21.2 Å². The highest BCUT2D eigenvalue weighted by Crippen LogP contribution is 2.48. The summed E-state index contributed by atoms with van der Waals surface area (Å²) in [6, 6.07) is 12.4. The molecule has 0 radical (unpaired) electrons. The Hall–Kier alpha value is -2.18. The maximum absolute atomic E-state index is 14.3. The number of hydrogen-bond acceptors (Lipinski definition) is 3. The van der Waals surface area contributed by atoms with Crippen molar-refractivity contribution in [3.63, 3.8) is 0 Å². The number of methoxy groups -OCH3 is 1. The van der Waals surface area contributed by atoms with Gasteiger partial charge in [-0.25, -0.2) is 4.39 Å². The maximum atomic E-state index is 14.3. The fourth-order valence-corrected chi connectivity index (χ4v) is 4.86. The summed E-state index contributed by atoms with van der Waals surface area (Å²) in [5.41, 5.74) is 2.85. The molecule has 3 nitrogen and oxygen atoms in total. The van der Waals surface area contributed by atoms with Gasteiger partial charge in [0.2, 0.25) is 5.91 Å². The van der Waals surface area contributed by atoms with Crippen LogP contribution in [0.2, 0.25) is 0 Å². The molecule has 0 fully saturated rings. The Kier molecular flexibility index (Phi) is 4.54.